The zero-order valence-electron chi connectivity index (χ0n) is 28.5. The van der Waals surface area contributed by atoms with E-state index in [-0.39, 0.29) is 11.1 Å². The Morgan fingerprint density at radius 2 is 0.729 bits per heavy atom. The molecule has 0 fully saturated rings. The Morgan fingerprint density at radius 3 is 1.15 bits per heavy atom. The number of aliphatic imine (C=N–C) groups is 2. The molecule has 0 saturated heterocycles. The minimum Gasteiger partial charge on any atom is -0.475 e. The molecule has 0 N–H and O–H groups in total. The third kappa shape index (κ3) is 6.20. The summed E-state index contributed by atoms with van der Waals surface area (Å²) in [6.45, 7) is 10.1. The van der Waals surface area contributed by atoms with Gasteiger partial charge in [-0.15, -0.1) is 0 Å². The molecule has 4 heteroatoms. The highest BCUT2D eigenvalue weighted by molar-refractivity contribution is 5.98. The van der Waals surface area contributed by atoms with Crippen molar-refractivity contribution in [1.82, 2.24) is 0 Å². The molecular formula is C44H44N2O2. The molecular weight excluding hydrogens is 588 g/mol. The van der Waals surface area contributed by atoms with Gasteiger partial charge in [-0.3, -0.25) is 0 Å². The van der Waals surface area contributed by atoms with E-state index in [1.165, 1.54) is 16.7 Å². The summed E-state index contributed by atoms with van der Waals surface area (Å²) in [6.07, 6.45) is 3.87. The van der Waals surface area contributed by atoms with Crippen LogP contribution in [0.3, 0.4) is 0 Å². The van der Waals surface area contributed by atoms with Gasteiger partial charge in [-0.2, -0.15) is 0 Å². The van der Waals surface area contributed by atoms with Crippen LogP contribution in [-0.2, 0) is 9.47 Å². The zero-order valence-corrected chi connectivity index (χ0v) is 28.5. The molecule has 5 aromatic rings. The Bertz CT molecular complexity index is 1870. The second-order valence-electron chi connectivity index (χ2n) is 13.2. The quantitative estimate of drug-likeness (QED) is 0.154. The minimum atomic E-state index is -0.128. The summed E-state index contributed by atoms with van der Waals surface area (Å²) in [5, 5.41) is 0. The second-order valence-corrected chi connectivity index (χ2v) is 13.2. The monoisotopic (exact) mass is 632 g/mol. The van der Waals surface area contributed by atoms with Crippen molar-refractivity contribution in [1.29, 1.82) is 0 Å². The van der Waals surface area contributed by atoms with Crippen LogP contribution < -0.4 is 0 Å². The topological polar surface area (TPSA) is 43.2 Å². The van der Waals surface area contributed by atoms with Crippen molar-refractivity contribution in [2.75, 3.05) is 13.2 Å². The molecule has 7 rings (SSSR count). The fourth-order valence-electron chi connectivity index (χ4n) is 6.76. The highest BCUT2D eigenvalue weighted by Gasteiger charge is 2.34. The lowest BCUT2D eigenvalue weighted by molar-refractivity contribution is 0.244. The molecule has 0 amide bonds. The Balaban J connectivity index is 1.31. The highest BCUT2D eigenvalue weighted by atomic mass is 16.5. The van der Waals surface area contributed by atoms with Gasteiger partial charge in [-0.1, -0.05) is 107 Å². The maximum Gasteiger partial charge on any atom is 0.216 e. The third-order valence-electron chi connectivity index (χ3n) is 10.4. The van der Waals surface area contributed by atoms with Gasteiger partial charge >= 0.3 is 0 Å². The van der Waals surface area contributed by atoms with E-state index in [0.717, 1.165) is 76.4 Å². The van der Waals surface area contributed by atoms with Crippen molar-refractivity contribution in [2.24, 2.45) is 9.98 Å². The van der Waals surface area contributed by atoms with E-state index in [0.29, 0.717) is 13.2 Å². The van der Waals surface area contributed by atoms with E-state index in [1.54, 1.807) is 0 Å². The SMILES string of the molecule is CCC1(CC)COC(c2cccc(-c3cc(-c4ccc(-c5ccccc5)cc4)cc(-c4cccc(C5=NC(CC)(CC)CO5)c4)c3)c2)=N1. The summed E-state index contributed by atoms with van der Waals surface area (Å²) >= 11 is 0. The molecule has 5 aromatic carbocycles. The summed E-state index contributed by atoms with van der Waals surface area (Å²) in [4.78, 5) is 10.1. The van der Waals surface area contributed by atoms with Crippen LogP contribution >= 0.6 is 0 Å². The lowest BCUT2D eigenvalue weighted by atomic mass is 9.91. The van der Waals surface area contributed by atoms with Crippen molar-refractivity contribution in [3.8, 4) is 44.5 Å². The first-order chi connectivity index (χ1) is 23.5. The van der Waals surface area contributed by atoms with E-state index >= 15 is 0 Å². The first-order valence-corrected chi connectivity index (χ1v) is 17.4. The van der Waals surface area contributed by atoms with Crippen molar-refractivity contribution in [2.45, 2.75) is 64.5 Å². The van der Waals surface area contributed by atoms with E-state index in [1.807, 2.05) is 0 Å². The molecule has 0 aromatic heterocycles. The van der Waals surface area contributed by atoms with E-state index < -0.39 is 0 Å². The van der Waals surface area contributed by atoms with Gasteiger partial charge in [0.05, 0.1) is 11.1 Å². The predicted octanol–water partition coefficient (Wildman–Crippen LogP) is 11.0. The van der Waals surface area contributed by atoms with Gasteiger partial charge in [0.25, 0.3) is 0 Å². The molecule has 4 nitrogen and oxygen atoms in total. The average molecular weight is 633 g/mol. The molecule has 2 aliphatic heterocycles. The summed E-state index contributed by atoms with van der Waals surface area (Å²) < 4.78 is 12.4. The molecule has 0 radical (unpaired) electrons. The van der Waals surface area contributed by atoms with Crippen LogP contribution in [0, 0.1) is 0 Å². The summed E-state index contributed by atoms with van der Waals surface area (Å²) in [7, 11) is 0. The van der Waals surface area contributed by atoms with Gasteiger partial charge < -0.3 is 9.47 Å². The number of hydrogen-bond donors (Lipinski definition) is 0. The molecule has 0 unspecified atom stereocenters. The van der Waals surface area contributed by atoms with Crippen molar-refractivity contribution >= 4 is 11.8 Å². The molecule has 48 heavy (non-hydrogen) atoms. The third-order valence-corrected chi connectivity index (χ3v) is 10.4. The van der Waals surface area contributed by atoms with Crippen LogP contribution in [0.15, 0.2) is 131 Å². The van der Waals surface area contributed by atoms with Gasteiger partial charge in [-0.25, -0.2) is 9.98 Å². The van der Waals surface area contributed by atoms with Crippen LogP contribution in [0.5, 0.6) is 0 Å². The molecule has 0 spiro atoms. The van der Waals surface area contributed by atoms with Crippen LogP contribution in [0.1, 0.15) is 64.5 Å². The molecule has 0 saturated carbocycles. The van der Waals surface area contributed by atoms with E-state index in [9.17, 15) is 0 Å². The Labute approximate surface area is 285 Å². The second kappa shape index (κ2) is 13.3. The van der Waals surface area contributed by atoms with Gasteiger partial charge in [0.2, 0.25) is 11.8 Å². The van der Waals surface area contributed by atoms with Crippen LogP contribution in [0.4, 0.5) is 0 Å². The Morgan fingerprint density at radius 1 is 0.396 bits per heavy atom. The van der Waals surface area contributed by atoms with Crippen molar-refractivity contribution in [3.05, 3.63) is 132 Å². The maximum absolute atomic E-state index is 6.18. The molecule has 2 aliphatic rings. The number of nitrogens with zero attached hydrogens (tertiary/aromatic N) is 2. The maximum atomic E-state index is 6.18. The number of hydrogen-bond acceptors (Lipinski definition) is 4. The van der Waals surface area contributed by atoms with Crippen LogP contribution in [-0.4, -0.2) is 36.1 Å². The highest BCUT2D eigenvalue weighted by Crippen LogP contribution is 2.36. The molecule has 242 valence electrons. The standard InChI is InChI=1S/C44H44N2O2/c1-5-43(6-2)29-47-41(45-43)36-18-12-16-34(24-36)39-26-38(33-22-20-32(21-23-33)31-14-10-9-11-15-31)27-40(28-39)35-17-13-19-37(25-35)42-46-44(7-3,8-4)30-48-42/h9-28H,5-8,29-30H2,1-4H3. The zero-order chi connectivity index (χ0) is 33.1. The normalized spacial score (nSPS) is 16.2. The first-order valence-electron chi connectivity index (χ1n) is 17.4. The molecule has 0 aliphatic carbocycles. The largest absolute Gasteiger partial charge is 0.475 e. The van der Waals surface area contributed by atoms with Gasteiger partial charge in [0, 0.05) is 11.1 Å². The number of ether oxygens (including phenoxy) is 2. The van der Waals surface area contributed by atoms with Crippen LogP contribution in [0.25, 0.3) is 44.5 Å². The van der Waals surface area contributed by atoms with Crippen molar-refractivity contribution < 1.29 is 9.47 Å². The fourth-order valence-corrected chi connectivity index (χ4v) is 6.76. The van der Waals surface area contributed by atoms with E-state index in [2.05, 4.69) is 149 Å². The summed E-state index contributed by atoms with van der Waals surface area (Å²) in [5.74, 6) is 1.49. The Hall–Kier alpha value is -4.96. The molecule has 2 heterocycles. The fraction of sp³-hybridized carbons (Fsp3) is 0.273. The van der Waals surface area contributed by atoms with Gasteiger partial charge in [0.1, 0.15) is 13.2 Å². The lowest BCUT2D eigenvalue weighted by Gasteiger charge is -2.18. The molecule has 0 atom stereocenters. The van der Waals surface area contributed by atoms with Gasteiger partial charge in [0.15, 0.2) is 0 Å². The average Bonchev–Trinajstić information content (AvgIpc) is 3.82. The predicted molar refractivity (Wildman–Crippen MR) is 200 cm³/mol. The summed E-state index contributed by atoms with van der Waals surface area (Å²) in [5.41, 5.74) is 11.1. The number of benzene rings is 5. The van der Waals surface area contributed by atoms with Crippen LogP contribution in [0.2, 0.25) is 0 Å². The minimum absolute atomic E-state index is 0.128. The van der Waals surface area contributed by atoms with Gasteiger partial charge in [-0.05, 0) is 113 Å². The lowest BCUT2D eigenvalue weighted by Crippen LogP contribution is -2.25. The smallest absolute Gasteiger partial charge is 0.216 e. The first kappa shape index (κ1) is 31.6. The van der Waals surface area contributed by atoms with Crippen molar-refractivity contribution in [3.63, 3.8) is 0 Å². The number of rotatable bonds is 10. The Kier molecular flexibility index (Phi) is 8.75. The molecule has 0 bridgehead atoms. The summed E-state index contributed by atoms with van der Waals surface area (Å²) in [6, 6.07) is 43.5. The van der Waals surface area contributed by atoms with E-state index in [4.69, 9.17) is 19.5 Å².